The van der Waals surface area contributed by atoms with E-state index in [9.17, 15) is 0 Å². The number of halogens is 1. The lowest BCUT2D eigenvalue weighted by Gasteiger charge is -2.35. The van der Waals surface area contributed by atoms with Crippen LogP contribution in [0.2, 0.25) is 4.34 Å². The summed E-state index contributed by atoms with van der Waals surface area (Å²) >= 11 is 8.03. The molecule has 0 amide bonds. The van der Waals surface area contributed by atoms with E-state index < -0.39 is 5.72 Å². The van der Waals surface area contributed by atoms with Crippen LogP contribution in [-0.2, 0) is 23.4 Å². The molecule has 0 N–H and O–H groups in total. The average Bonchev–Trinajstić information content (AvgIpc) is 3.09. The van der Waals surface area contributed by atoms with Crippen LogP contribution in [0.15, 0.2) is 35.3 Å². The third-order valence-corrected chi connectivity index (χ3v) is 6.59. The van der Waals surface area contributed by atoms with Gasteiger partial charge in [-0.25, -0.2) is 14.9 Å². The van der Waals surface area contributed by atoms with Gasteiger partial charge in [-0.2, -0.15) is 0 Å². The van der Waals surface area contributed by atoms with Crippen molar-refractivity contribution in [2.75, 3.05) is 14.1 Å². The van der Waals surface area contributed by atoms with Gasteiger partial charge in [-0.15, -0.1) is 11.3 Å². The predicted octanol–water partition coefficient (Wildman–Crippen LogP) is 4.66. The van der Waals surface area contributed by atoms with Gasteiger partial charge < -0.3 is 4.90 Å². The zero-order valence-electron chi connectivity index (χ0n) is 15.8. The van der Waals surface area contributed by atoms with E-state index in [1.165, 1.54) is 10.4 Å². The van der Waals surface area contributed by atoms with E-state index in [0.717, 1.165) is 34.3 Å². The Morgan fingerprint density at radius 1 is 1.23 bits per heavy atom. The zero-order valence-corrected chi connectivity index (χ0v) is 17.4. The van der Waals surface area contributed by atoms with Crippen LogP contribution in [0.25, 0.3) is 0 Å². The Balaban J connectivity index is 1.96. The predicted molar refractivity (Wildman–Crippen MR) is 108 cm³/mol. The van der Waals surface area contributed by atoms with E-state index in [-0.39, 0.29) is 5.54 Å². The van der Waals surface area contributed by atoms with Gasteiger partial charge >= 0.3 is 0 Å². The third kappa shape index (κ3) is 2.65. The Morgan fingerprint density at radius 3 is 2.69 bits per heavy atom. The fourth-order valence-corrected chi connectivity index (χ4v) is 4.92. The molecule has 2 heterocycles. The van der Waals surface area contributed by atoms with Gasteiger partial charge in [-0.05, 0) is 45.2 Å². The number of thiophene rings is 1. The number of nitrogens with zero attached hydrogens (tertiary/aromatic N) is 3. The van der Waals surface area contributed by atoms with Crippen LogP contribution in [0.3, 0.4) is 0 Å². The quantitative estimate of drug-likeness (QED) is 0.655. The molecule has 4 nitrogen and oxygen atoms in total. The molecule has 1 aromatic heterocycles. The molecule has 0 fully saturated rings. The molecule has 2 aliphatic rings. The highest BCUT2D eigenvalue weighted by Crippen LogP contribution is 2.48. The highest BCUT2D eigenvalue weighted by Gasteiger charge is 2.49. The molecule has 0 bridgehead atoms. The minimum Gasteiger partial charge on any atom is -0.339 e. The largest absolute Gasteiger partial charge is 0.339 e. The summed E-state index contributed by atoms with van der Waals surface area (Å²) in [7, 11) is 3.98. The number of aryl methyl sites for hydroxylation is 2. The van der Waals surface area contributed by atoms with Gasteiger partial charge in [0.25, 0.3) is 0 Å². The van der Waals surface area contributed by atoms with Crippen molar-refractivity contribution in [3.05, 3.63) is 56.2 Å². The lowest BCUT2D eigenvalue weighted by atomic mass is 9.93. The minimum atomic E-state index is -0.865. The van der Waals surface area contributed by atoms with Gasteiger partial charge in [0.1, 0.15) is 0 Å². The average molecular weight is 390 g/mol. The van der Waals surface area contributed by atoms with Crippen LogP contribution >= 0.6 is 22.9 Å². The molecule has 1 spiro atoms. The Morgan fingerprint density at radius 2 is 1.96 bits per heavy atom. The van der Waals surface area contributed by atoms with E-state index in [1.807, 2.05) is 13.1 Å². The van der Waals surface area contributed by atoms with Crippen molar-refractivity contribution in [1.29, 1.82) is 0 Å². The van der Waals surface area contributed by atoms with Crippen LogP contribution in [0.5, 0.6) is 0 Å². The van der Waals surface area contributed by atoms with Crippen molar-refractivity contribution < 1.29 is 4.84 Å². The van der Waals surface area contributed by atoms with Gasteiger partial charge in [0.15, 0.2) is 0 Å². The van der Waals surface area contributed by atoms with Gasteiger partial charge in [0.05, 0.1) is 4.34 Å². The number of fused-ring (bicyclic) bond motifs is 4. The van der Waals surface area contributed by atoms with Crippen LogP contribution in [0, 0.1) is 0 Å². The Kier molecular flexibility index (Phi) is 4.10. The summed E-state index contributed by atoms with van der Waals surface area (Å²) < 4.78 is 0.785. The van der Waals surface area contributed by atoms with Crippen molar-refractivity contribution >= 4 is 28.9 Å². The number of hydrogen-bond acceptors (Lipinski definition) is 5. The number of hydrogen-bond donors (Lipinski definition) is 0. The highest BCUT2D eigenvalue weighted by atomic mass is 35.5. The molecule has 1 atom stereocenters. The molecule has 0 radical (unpaired) electrons. The third-order valence-electron chi connectivity index (χ3n) is 5.26. The molecule has 1 unspecified atom stereocenters. The van der Waals surface area contributed by atoms with Crippen molar-refractivity contribution in [3.8, 4) is 0 Å². The molecule has 4 rings (SSSR count). The maximum Gasteiger partial charge on any atom is 0.241 e. The molecule has 2 aromatic rings. The smallest absolute Gasteiger partial charge is 0.241 e. The number of guanidine groups is 1. The van der Waals surface area contributed by atoms with Gasteiger partial charge in [0, 0.05) is 35.6 Å². The minimum absolute atomic E-state index is 0.0681. The van der Waals surface area contributed by atoms with E-state index in [1.54, 1.807) is 16.4 Å². The summed E-state index contributed by atoms with van der Waals surface area (Å²) in [6.07, 6.45) is 1.92. The van der Waals surface area contributed by atoms with Gasteiger partial charge in [-0.1, -0.05) is 35.9 Å². The number of aliphatic imine (C=N–C) groups is 1. The van der Waals surface area contributed by atoms with Crippen LogP contribution in [0.1, 0.15) is 42.3 Å². The SMILES string of the molecule is CN1OC2(N=C1N(C)C(C)(C)C)c1ccccc1CCc1sc(Cl)cc12. The number of rotatable bonds is 0. The molecule has 6 heteroatoms. The standard InChI is InChI=1S/C20H24ClN3OS/c1-19(2,3)23(4)18-22-20(25-24(18)5)14-9-7-6-8-13(14)10-11-16-15(20)12-17(21)26-16/h6-9,12H,10-11H2,1-5H3. The first-order valence-electron chi connectivity index (χ1n) is 8.86. The van der Waals surface area contributed by atoms with E-state index in [4.69, 9.17) is 21.4 Å². The molecule has 1 aliphatic carbocycles. The van der Waals surface area contributed by atoms with Crippen LogP contribution in [-0.4, -0.2) is 35.6 Å². The first-order valence-corrected chi connectivity index (χ1v) is 10.1. The summed E-state index contributed by atoms with van der Waals surface area (Å²) in [5.74, 6) is 0.822. The van der Waals surface area contributed by atoms with Gasteiger partial charge in [-0.3, -0.25) is 0 Å². The summed E-state index contributed by atoms with van der Waals surface area (Å²) in [6, 6.07) is 10.5. The van der Waals surface area contributed by atoms with E-state index in [0.29, 0.717) is 0 Å². The second kappa shape index (κ2) is 5.98. The van der Waals surface area contributed by atoms with E-state index in [2.05, 4.69) is 57.0 Å². The van der Waals surface area contributed by atoms with Crippen molar-refractivity contribution in [2.45, 2.75) is 44.9 Å². The van der Waals surface area contributed by atoms with Crippen molar-refractivity contribution in [2.24, 2.45) is 4.99 Å². The molecule has 1 aliphatic heterocycles. The summed E-state index contributed by atoms with van der Waals surface area (Å²) in [5.41, 5.74) is 2.53. The van der Waals surface area contributed by atoms with Gasteiger partial charge in [0.2, 0.25) is 11.7 Å². The van der Waals surface area contributed by atoms with Crippen LogP contribution < -0.4 is 0 Å². The topological polar surface area (TPSA) is 28.1 Å². The molecule has 138 valence electrons. The first kappa shape index (κ1) is 17.8. The first-order chi connectivity index (χ1) is 12.2. The summed E-state index contributed by atoms with van der Waals surface area (Å²) in [6.45, 7) is 6.51. The summed E-state index contributed by atoms with van der Waals surface area (Å²) in [4.78, 5) is 15.1. The number of hydroxylamine groups is 2. The normalized spacial score (nSPS) is 22.1. The molecule has 1 aromatic carbocycles. The second-order valence-corrected chi connectivity index (χ2v) is 9.69. The Labute approximate surface area is 164 Å². The van der Waals surface area contributed by atoms with E-state index >= 15 is 0 Å². The summed E-state index contributed by atoms with van der Waals surface area (Å²) in [5, 5.41) is 1.79. The fraction of sp³-hybridized carbons (Fsp3) is 0.450. The molecule has 26 heavy (non-hydrogen) atoms. The Bertz CT molecular complexity index is 885. The fourth-order valence-electron chi connectivity index (χ4n) is 3.61. The maximum absolute atomic E-state index is 6.50. The maximum atomic E-state index is 6.50. The Hall–Kier alpha value is -1.56. The molecule has 0 saturated carbocycles. The zero-order chi connectivity index (χ0) is 18.7. The lowest BCUT2D eigenvalue weighted by molar-refractivity contribution is -0.156. The second-order valence-electron chi connectivity index (χ2n) is 7.92. The monoisotopic (exact) mass is 389 g/mol. The number of benzene rings is 1. The highest BCUT2D eigenvalue weighted by molar-refractivity contribution is 7.16. The van der Waals surface area contributed by atoms with Crippen molar-refractivity contribution in [3.63, 3.8) is 0 Å². The molecular formula is C20H24ClN3OS. The van der Waals surface area contributed by atoms with Crippen molar-refractivity contribution in [1.82, 2.24) is 9.96 Å². The molecule has 0 saturated heterocycles. The van der Waals surface area contributed by atoms with Crippen LogP contribution in [0.4, 0.5) is 0 Å². The lowest BCUT2D eigenvalue weighted by Crippen LogP contribution is -2.47. The molecular weight excluding hydrogens is 366 g/mol.